The van der Waals surface area contributed by atoms with Crippen LogP contribution in [0.25, 0.3) is 0 Å². The summed E-state index contributed by atoms with van der Waals surface area (Å²) in [5.41, 5.74) is 0. The van der Waals surface area contributed by atoms with E-state index in [9.17, 15) is 0 Å². The van der Waals surface area contributed by atoms with Crippen LogP contribution < -0.4 is 0 Å². The molecule has 1 heterocycles. The van der Waals surface area contributed by atoms with Gasteiger partial charge in [0.25, 0.3) is 0 Å². The van der Waals surface area contributed by atoms with Crippen molar-refractivity contribution in [1.29, 1.82) is 0 Å². The van der Waals surface area contributed by atoms with E-state index in [1.807, 2.05) is 22.8 Å². The van der Waals surface area contributed by atoms with Crippen LogP contribution in [-0.4, -0.2) is 11.5 Å². The van der Waals surface area contributed by atoms with Crippen molar-refractivity contribution in [2.24, 2.45) is 0 Å². The van der Waals surface area contributed by atoms with Crippen LogP contribution in [0.2, 0.25) is 0 Å². The second kappa shape index (κ2) is 3.20. The Morgan fingerprint density at radius 3 is 2.12 bits per heavy atom. The van der Waals surface area contributed by atoms with E-state index in [0.717, 1.165) is 0 Å². The van der Waals surface area contributed by atoms with Crippen LogP contribution in [0.5, 0.6) is 0 Å². The molecule has 1 fully saturated rings. The van der Waals surface area contributed by atoms with Gasteiger partial charge in [-0.15, -0.1) is 34.6 Å². The third kappa shape index (κ3) is 2.53. The standard InChI is InChI=1S/C3H7PS4/c5-4(6)7-2-1-3-8-4/h1-3H2,(H,5,6)/p-1. The van der Waals surface area contributed by atoms with Gasteiger partial charge in [0.05, 0.1) is 0 Å². The molecule has 0 unspecified atom stereocenters. The molecule has 0 nitrogen and oxygen atoms in total. The van der Waals surface area contributed by atoms with Gasteiger partial charge in [0.15, 0.2) is 0 Å². The third-order valence-corrected chi connectivity index (χ3v) is 11.0. The van der Waals surface area contributed by atoms with E-state index < -0.39 is 3.64 Å². The summed E-state index contributed by atoms with van der Waals surface area (Å²) in [6, 6.07) is 0. The highest BCUT2D eigenvalue weighted by atomic mass is 33.5. The SMILES string of the molecule is S=P1([S-])SCCCS1. The maximum atomic E-state index is 5.15. The molecule has 1 aliphatic rings. The van der Waals surface area contributed by atoms with Gasteiger partial charge in [0.2, 0.25) is 0 Å². The van der Waals surface area contributed by atoms with Crippen molar-refractivity contribution in [2.45, 2.75) is 6.42 Å². The van der Waals surface area contributed by atoms with Crippen LogP contribution in [0, 0.1) is 0 Å². The van der Waals surface area contributed by atoms with Gasteiger partial charge in [-0.2, -0.15) is 0 Å². The van der Waals surface area contributed by atoms with Gasteiger partial charge in [-0.1, -0.05) is 3.64 Å². The van der Waals surface area contributed by atoms with E-state index in [2.05, 4.69) is 0 Å². The Morgan fingerprint density at radius 2 is 1.88 bits per heavy atom. The summed E-state index contributed by atoms with van der Waals surface area (Å²) < 4.78 is -1.34. The molecular weight excluding hydrogens is 195 g/mol. The molecule has 1 saturated heterocycles. The van der Waals surface area contributed by atoms with Crippen LogP contribution >= 0.6 is 26.4 Å². The van der Waals surface area contributed by atoms with Crippen LogP contribution in [0.15, 0.2) is 0 Å². The molecule has 1 rings (SSSR count). The van der Waals surface area contributed by atoms with Crippen molar-refractivity contribution < 1.29 is 0 Å². The van der Waals surface area contributed by atoms with Gasteiger partial charge in [0, 0.05) is 0 Å². The molecule has 0 aromatic carbocycles. The second-order valence-electron chi connectivity index (χ2n) is 1.47. The third-order valence-electron chi connectivity index (χ3n) is 0.787. The quantitative estimate of drug-likeness (QED) is 0.436. The Hall–Kier alpha value is 1.70. The number of hydrogen-bond acceptors (Lipinski definition) is 4. The summed E-state index contributed by atoms with van der Waals surface area (Å²) in [6.07, 6.45) is 1.30. The average molecular weight is 201 g/mol. The smallest absolute Gasteiger partial charge is 0.00207 e. The second-order valence-corrected chi connectivity index (χ2v) is 16.0. The summed E-state index contributed by atoms with van der Waals surface area (Å²) in [4.78, 5) is 0. The Kier molecular flexibility index (Phi) is 3.12. The lowest BCUT2D eigenvalue weighted by atomic mass is 10.6. The highest BCUT2D eigenvalue weighted by Crippen LogP contribution is 2.69. The number of rotatable bonds is 0. The summed E-state index contributed by atoms with van der Waals surface area (Å²) in [5.74, 6) is 2.40. The normalized spacial score (nSPS) is 27.6. The minimum absolute atomic E-state index is 1.20. The zero-order valence-electron chi connectivity index (χ0n) is 4.20. The summed E-state index contributed by atoms with van der Waals surface area (Å²) in [6.45, 7) is 0. The maximum Gasteiger partial charge on any atom is -0.00207 e. The lowest BCUT2D eigenvalue weighted by Gasteiger charge is -2.30. The van der Waals surface area contributed by atoms with Crippen molar-refractivity contribution >= 4 is 50.5 Å². The van der Waals surface area contributed by atoms with Gasteiger partial charge in [-0.25, -0.2) is 0 Å². The lowest BCUT2D eigenvalue weighted by molar-refractivity contribution is 1.13. The molecular formula is C3H6PS4-. The molecule has 0 radical (unpaired) electrons. The molecule has 1 aliphatic heterocycles. The van der Waals surface area contributed by atoms with Gasteiger partial charge < -0.3 is 12.2 Å². The zero-order valence-corrected chi connectivity index (χ0v) is 8.36. The zero-order chi connectivity index (χ0) is 6.04. The summed E-state index contributed by atoms with van der Waals surface area (Å²) in [5, 5.41) is 0. The first kappa shape index (κ1) is 7.80. The molecule has 48 valence electrons. The molecule has 0 bridgehead atoms. The van der Waals surface area contributed by atoms with E-state index in [1.54, 1.807) is 0 Å². The van der Waals surface area contributed by atoms with Crippen molar-refractivity contribution in [2.75, 3.05) is 11.5 Å². The predicted octanol–water partition coefficient (Wildman–Crippen LogP) is 2.63. The van der Waals surface area contributed by atoms with E-state index in [-0.39, 0.29) is 0 Å². The highest BCUT2D eigenvalue weighted by Gasteiger charge is 2.07. The van der Waals surface area contributed by atoms with Gasteiger partial charge in [-0.3, -0.25) is 0 Å². The molecule has 5 heteroatoms. The Bertz CT molecular complexity index is 112. The van der Waals surface area contributed by atoms with Crippen molar-refractivity contribution in [3.05, 3.63) is 0 Å². The topological polar surface area (TPSA) is 0 Å². The van der Waals surface area contributed by atoms with Crippen LogP contribution in [0.3, 0.4) is 0 Å². The Labute approximate surface area is 68.2 Å². The molecule has 0 atom stereocenters. The fraction of sp³-hybridized carbons (Fsp3) is 1.00. The van der Waals surface area contributed by atoms with Crippen LogP contribution in [-0.2, 0) is 24.1 Å². The summed E-state index contributed by atoms with van der Waals surface area (Å²) in [7, 11) is 0. The molecule has 0 saturated carbocycles. The monoisotopic (exact) mass is 201 g/mol. The fourth-order valence-corrected chi connectivity index (χ4v) is 8.74. The Balaban J connectivity index is 2.45. The van der Waals surface area contributed by atoms with Gasteiger partial charge in [0.1, 0.15) is 0 Å². The summed E-state index contributed by atoms with van der Waals surface area (Å²) >= 11 is 13.9. The van der Waals surface area contributed by atoms with Crippen LogP contribution in [0.4, 0.5) is 0 Å². The van der Waals surface area contributed by atoms with E-state index in [0.29, 0.717) is 0 Å². The predicted molar refractivity (Wildman–Crippen MR) is 51.2 cm³/mol. The van der Waals surface area contributed by atoms with E-state index in [4.69, 9.17) is 24.1 Å². The molecule has 0 N–H and O–H groups in total. The highest BCUT2D eigenvalue weighted by molar-refractivity contribution is 9.17. The Morgan fingerprint density at radius 1 is 1.38 bits per heavy atom. The first-order chi connectivity index (χ1) is 3.71. The maximum absolute atomic E-state index is 5.15. The van der Waals surface area contributed by atoms with Gasteiger partial charge >= 0.3 is 0 Å². The minimum Gasteiger partial charge on any atom is -0.726 e. The van der Waals surface area contributed by atoms with Crippen LogP contribution in [0.1, 0.15) is 6.42 Å². The molecule has 0 amide bonds. The molecule has 0 aromatic heterocycles. The lowest BCUT2D eigenvalue weighted by Crippen LogP contribution is -1.87. The first-order valence-corrected chi connectivity index (χ1v) is 9.30. The average Bonchev–Trinajstić information content (AvgIpc) is 1.65. The largest absolute Gasteiger partial charge is 0.726 e. The fourth-order valence-electron chi connectivity index (χ4n) is 0.449. The molecule has 8 heavy (non-hydrogen) atoms. The van der Waals surface area contributed by atoms with Gasteiger partial charge in [-0.05, 0) is 17.9 Å². The molecule has 0 aliphatic carbocycles. The molecule has 0 aromatic rings. The number of hydrogen-bond donors (Lipinski definition) is 0. The molecule has 0 spiro atoms. The van der Waals surface area contributed by atoms with E-state index >= 15 is 0 Å². The minimum atomic E-state index is -1.34. The van der Waals surface area contributed by atoms with Crippen molar-refractivity contribution in [1.82, 2.24) is 0 Å². The first-order valence-electron chi connectivity index (χ1n) is 2.31. The van der Waals surface area contributed by atoms with Crippen molar-refractivity contribution in [3.8, 4) is 0 Å². The van der Waals surface area contributed by atoms with E-state index in [1.165, 1.54) is 17.9 Å². The van der Waals surface area contributed by atoms with Crippen molar-refractivity contribution in [3.63, 3.8) is 0 Å².